The van der Waals surface area contributed by atoms with Gasteiger partial charge in [0.25, 0.3) is 0 Å². The van der Waals surface area contributed by atoms with Gasteiger partial charge in [0.15, 0.2) is 0 Å². The van der Waals surface area contributed by atoms with Crippen LogP contribution in [0.2, 0.25) is 0 Å². The van der Waals surface area contributed by atoms with Gasteiger partial charge in [-0.3, -0.25) is 0 Å². The molecule has 1 heterocycles. The number of aromatic nitrogens is 2. The fourth-order valence-electron chi connectivity index (χ4n) is 2.28. The first kappa shape index (κ1) is 17.7. The summed E-state index contributed by atoms with van der Waals surface area (Å²) in [4.78, 5) is 8.76. The van der Waals surface area contributed by atoms with Crippen LogP contribution in [0.1, 0.15) is 53.0 Å². The second kappa shape index (κ2) is 8.17. The second-order valence-electron chi connectivity index (χ2n) is 6.40. The fraction of sp³-hybridized carbons (Fsp3) is 0.750. The molecule has 1 aromatic heterocycles. The van der Waals surface area contributed by atoms with Crippen molar-refractivity contribution < 1.29 is 5.11 Å². The van der Waals surface area contributed by atoms with Crippen molar-refractivity contribution >= 4 is 11.6 Å². The van der Waals surface area contributed by atoms with Gasteiger partial charge in [-0.1, -0.05) is 34.6 Å². The number of anilines is 2. The van der Waals surface area contributed by atoms with Gasteiger partial charge >= 0.3 is 0 Å². The molecule has 120 valence electrons. The van der Waals surface area contributed by atoms with Crippen molar-refractivity contribution in [3.8, 4) is 0 Å². The van der Waals surface area contributed by atoms with Crippen molar-refractivity contribution in [2.45, 2.75) is 59.9 Å². The maximum Gasteiger partial charge on any atom is 0.134 e. The van der Waals surface area contributed by atoms with Crippen LogP contribution in [0.4, 0.5) is 11.6 Å². The third-order valence-electron chi connectivity index (χ3n) is 3.62. The smallest absolute Gasteiger partial charge is 0.134 e. The molecular formula is C16H30N4O. The Morgan fingerprint density at radius 2 is 1.86 bits per heavy atom. The van der Waals surface area contributed by atoms with Gasteiger partial charge < -0.3 is 15.7 Å². The molecule has 1 unspecified atom stereocenters. The van der Waals surface area contributed by atoms with Crippen LogP contribution in [-0.4, -0.2) is 34.3 Å². The Hall–Kier alpha value is -1.36. The molecule has 0 radical (unpaired) electrons. The summed E-state index contributed by atoms with van der Waals surface area (Å²) in [5.74, 6) is 1.79. The lowest BCUT2D eigenvalue weighted by molar-refractivity contribution is 0.235. The highest BCUT2D eigenvalue weighted by Crippen LogP contribution is 2.28. The Morgan fingerprint density at radius 3 is 2.38 bits per heavy atom. The predicted molar refractivity (Wildman–Crippen MR) is 88.8 cm³/mol. The molecular weight excluding hydrogens is 264 g/mol. The van der Waals surface area contributed by atoms with Crippen molar-refractivity contribution in [2.24, 2.45) is 5.41 Å². The molecule has 5 nitrogen and oxygen atoms in total. The number of hydrogen-bond donors (Lipinski definition) is 3. The maximum atomic E-state index is 9.29. The lowest BCUT2D eigenvalue weighted by atomic mass is 9.85. The molecule has 1 atom stereocenters. The van der Waals surface area contributed by atoms with Crippen LogP contribution in [-0.2, 0) is 6.42 Å². The fourth-order valence-corrected chi connectivity index (χ4v) is 2.28. The number of nitrogens with one attached hydrogen (secondary N) is 2. The van der Waals surface area contributed by atoms with Crippen LogP contribution in [0.3, 0.4) is 0 Å². The standard InChI is InChI=1S/C16H30N4O/c1-6-9-17-14-12(7-2)15(19-11-18-14)20-13(8-10-21)16(3,4)5/h11,13,21H,6-10H2,1-5H3,(H2,17,18,19,20). The lowest BCUT2D eigenvalue weighted by Gasteiger charge is -2.32. The monoisotopic (exact) mass is 294 g/mol. The van der Waals surface area contributed by atoms with Crippen LogP contribution < -0.4 is 10.6 Å². The van der Waals surface area contributed by atoms with E-state index < -0.39 is 0 Å². The predicted octanol–water partition coefficient (Wildman–Crippen LogP) is 3.07. The second-order valence-corrected chi connectivity index (χ2v) is 6.40. The van der Waals surface area contributed by atoms with E-state index in [9.17, 15) is 5.11 Å². The van der Waals surface area contributed by atoms with Gasteiger partial charge in [-0.25, -0.2) is 9.97 Å². The minimum atomic E-state index is 0.0513. The van der Waals surface area contributed by atoms with E-state index in [1.807, 2.05) is 0 Å². The van der Waals surface area contributed by atoms with Gasteiger partial charge in [0, 0.05) is 24.8 Å². The van der Waals surface area contributed by atoms with Crippen LogP contribution in [0, 0.1) is 5.41 Å². The number of aliphatic hydroxyl groups is 1. The lowest BCUT2D eigenvalue weighted by Crippen LogP contribution is -2.35. The van der Waals surface area contributed by atoms with Crippen molar-refractivity contribution in [3.05, 3.63) is 11.9 Å². The molecule has 0 aromatic carbocycles. The number of hydrogen-bond acceptors (Lipinski definition) is 5. The largest absolute Gasteiger partial charge is 0.396 e. The normalized spacial score (nSPS) is 13.0. The molecule has 21 heavy (non-hydrogen) atoms. The molecule has 0 spiro atoms. The molecule has 1 rings (SSSR count). The highest BCUT2D eigenvalue weighted by Gasteiger charge is 2.25. The maximum absolute atomic E-state index is 9.29. The van der Waals surface area contributed by atoms with E-state index in [4.69, 9.17) is 0 Å². The molecule has 0 saturated carbocycles. The van der Waals surface area contributed by atoms with Crippen molar-refractivity contribution in [1.29, 1.82) is 0 Å². The Bertz CT molecular complexity index is 429. The van der Waals surface area contributed by atoms with Crippen LogP contribution in [0.25, 0.3) is 0 Å². The van der Waals surface area contributed by atoms with E-state index in [0.29, 0.717) is 6.42 Å². The van der Waals surface area contributed by atoms with Crippen LogP contribution >= 0.6 is 0 Å². The van der Waals surface area contributed by atoms with Crippen molar-refractivity contribution in [3.63, 3.8) is 0 Å². The van der Waals surface area contributed by atoms with Gasteiger partial charge in [0.2, 0.25) is 0 Å². The first-order valence-corrected chi connectivity index (χ1v) is 7.89. The first-order chi connectivity index (χ1) is 9.93. The van der Waals surface area contributed by atoms with Gasteiger partial charge in [-0.15, -0.1) is 0 Å². The molecule has 3 N–H and O–H groups in total. The summed E-state index contributed by atoms with van der Waals surface area (Å²) in [7, 11) is 0. The van der Waals surface area contributed by atoms with E-state index in [1.54, 1.807) is 6.33 Å². The molecule has 1 aromatic rings. The molecule has 0 aliphatic heterocycles. The summed E-state index contributed by atoms with van der Waals surface area (Å²) in [5.41, 5.74) is 1.16. The van der Waals surface area contributed by atoms with Crippen LogP contribution in [0.15, 0.2) is 6.33 Å². The third-order valence-corrected chi connectivity index (χ3v) is 3.62. The molecule has 0 aliphatic carbocycles. The van der Waals surface area contributed by atoms with Crippen molar-refractivity contribution in [1.82, 2.24) is 9.97 Å². The topological polar surface area (TPSA) is 70.1 Å². The minimum Gasteiger partial charge on any atom is -0.396 e. The number of aliphatic hydroxyl groups excluding tert-OH is 1. The Balaban J connectivity index is 3.00. The van der Waals surface area contributed by atoms with Crippen LogP contribution in [0.5, 0.6) is 0 Å². The zero-order valence-electron chi connectivity index (χ0n) is 14.0. The van der Waals surface area contributed by atoms with E-state index in [2.05, 4.69) is 55.2 Å². The number of nitrogens with zero attached hydrogens (tertiary/aromatic N) is 2. The van der Waals surface area contributed by atoms with Gasteiger partial charge in [0.1, 0.15) is 18.0 Å². The summed E-state index contributed by atoms with van der Waals surface area (Å²) in [5, 5.41) is 16.2. The average Bonchev–Trinajstić information content (AvgIpc) is 2.43. The molecule has 5 heteroatoms. The van der Waals surface area contributed by atoms with Gasteiger partial charge in [-0.05, 0) is 24.7 Å². The molecule has 0 bridgehead atoms. The quantitative estimate of drug-likeness (QED) is 0.687. The van der Waals surface area contributed by atoms with E-state index >= 15 is 0 Å². The summed E-state index contributed by atoms with van der Waals surface area (Å²) in [6, 6.07) is 0.168. The number of rotatable bonds is 8. The van der Waals surface area contributed by atoms with E-state index in [0.717, 1.165) is 36.6 Å². The zero-order chi connectivity index (χ0) is 15.9. The first-order valence-electron chi connectivity index (χ1n) is 7.89. The van der Waals surface area contributed by atoms with E-state index in [-0.39, 0.29) is 18.1 Å². The highest BCUT2D eigenvalue weighted by molar-refractivity contribution is 5.57. The van der Waals surface area contributed by atoms with Gasteiger partial charge in [0.05, 0.1) is 0 Å². The summed E-state index contributed by atoms with van der Waals surface area (Å²) < 4.78 is 0. The summed E-state index contributed by atoms with van der Waals surface area (Å²) >= 11 is 0. The molecule has 0 aliphatic rings. The Morgan fingerprint density at radius 1 is 1.19 bits per heavy atom. The Kier molecular flexibility index (Phi) is 6.89. The summed E-state index contributed by atoms with van der Waals surface area (Å²) in [6.45, 7) is 11.8. The SMILES string of the molecule is CCCNc1ncnc(NC(CCO)C(C)(C)C)c1CC. The van der Waals surface area contributed by atoms with Crippen molar-refractivity contribution in [2.75, 3.05) is 23.8 Å². The zero-order valence-corrected chi connectivity index (χ0v) is 14.0. The minimum absolute atomic E-state index is 0.0513. The highest BCUT2D eigenvalue weighted by atomic mass is 16.3. The third kappa shape index (κ3) is 5.16. The average molecular weight is 294 g/mol. The molecule has 0 saturated heterocycles. The van der Waals surface area contributed by atoms with Gasteiger partial charge in [-0.2, -0.15) is 0 Å². The molecule has 0 fully saturated rings. The Labute approximate surface area is 128 Å². The summed E-state index contributed by atoms with van der Waals surface area (Å²) in [6.07, 6.45) is 4.22. The van der Waals surface area contributed by atoms with E-state index in [1.165, 1.54) is 0 Å². The molecule has 0 amide bonds.